The molecule has 0 saturated carbocycles. The number of benzene rings is 1. The lowest BCUT2D eigenvalue weighted by Crippen LogP contribution is -2.41. The van der Waals surface area contributed by atoms with Gasteiger partial charge in [-0.1, -0.05) is 18.2 Å². The van der Waals surface area contributed by atoms with Crippen molar-refractivity contribution in [3.63, 3.8) is 0 Å². The Morgan fingerprint density at radius 2 is 2.12 bits per heavy atom. The van der Waals surface area contributed by atoms with Crippen LogP contribution >= 0.6 is 11.3 Å². The Kier molecular flexibility index (Phi) is 3.45. The third-order valence-corrected chi connectivity index (χ3v) is 3.94. The van der Waals surface area contributed by atoms with Crippen LogP contribution in [0.4, 0.5) is 0 Å². The van der Waals surface area contributed by atoms with E-state index in [4.69, 9.17) is 5.73 Å². The van der Waals surface area contributed by atoms with Crippen molar-refractivity contribution in [2.24, 2.45) is 5.73 Å². The molecule has 2 N–H and O–H groups in total. The second-order valence-electron chi connectivity index (χ2n) is 4.34. The number of amides is 1. The molecule has 0 bridgehead atoms. The van der Waals surface area contributed by atoms with E-state index in [0.717, 1.165) is 0 Å². The number of carbonyl (C=O) groups excluding carboxylic acids is 1. The molecule has 1 heterocycles. The van der Waals surface area contributed by atoms with Gasteiger partial charge in [-0.25, -0.2) is 0 Å². The van der Waals surface area contributed by atoms with Crippen LogP contribution in [0.5, 0.6) is 0 Å². The number of nitrogens with zero attached hydrogens (tertiary/aromatic N) is 1. The molecule has 1 unspecified atom stereocenters. The van der Waals surface area contributed by atoms with Crippen LogP contribution in [-0.4, -0.2) is 30.9 Å². The molecular formula is C13H16N2OS. The Hall–Kier alpha value is -1.39. The van der Waals surface area contributed by atoms with Crippen LogP contribution in [0.1, 0.15) is 5.56 Å². The van der Waals surface area contributed by atoms with Gasteiger partial charge >= 0.3 is 0 Å². The second-order valence-corrected chi connectivity index (χ2v) is 5.25. The van der Waals surface area contributed by atoms with Crippen molar-refractivity contribution >= 4 is 27.3 Å². The minimum atomic E-state index is -0.273. The first-order valence-electron chi connectivity index (χ1n) is 5.50. The van der Waals surface area contributed by atoms with Gasteiger partial charge in [0.25, 0.3) is 0 Å². The minimum Gasteiger partial charge on any atom is -0.368 e. The summed E-state index contributed by atoms with van der Waals surface area (Å²) in [6.07, 6.45) is 0.673. The molecule has 0 fully saturated rings. The number of likely N-dealkylation sites (N-methyl/N-ethyl adjacent to an activating group) is 1. The van der Waals surface area contributed by atoms with Gasteiger partial charge in [0.05, 0.1) is 6.04 Å². The maximum Gasteiger partial charge on any atom is 0.235 e. The molecule has 1 aromatic heterocycles. The van der Waals surface area contributed by atoms with Crippen molar-refractivity contribution in [2.75, 3.05) is 14.1 Å². The van der Waals surface area contributed by atoms with Crippen LogP contribution in [0.3, 0.4) is 0 Å². The molecule has 0 spiro atoms. The van der Waals surface area contributed by atoms with Crippen molar-refractivity contribution < 1.29 is 4.79 Å². The van der Waals surface area contributed by atoms with E-state index in [9.17, 15) is 4.79 Å². The standard InChI is InChI=1S/C13H16N2OS/c1-15(2)11(13(14)16)7-9-8-17-12-6-4-3-5-10(9)12/h3-6,8,11H,7H2,1-2H3,(H2,14,16). The zero-order valence-corrected chi connectivity index (χ0v) is 10.8. The topological polar surface area (TPSA) is 46.3 Å². The fourth-order valence-corrected chi connectivity index (χ4v) is 2.91. The molecule has 0 saturated heterocycles. The van der Waals surface area contributed by atoms with Gasteiger partial charge in [-0.3, -0.25) is 9.69 Å². The number of thiophene rings is 1. The lowest BCUT2D eigenvalue weighted by atomic mass is 10.0. The molecular weight excluding hydrogens is 232 g/mol. The number of hydrogen-bond acceptors (Lipinski definition) is 3. The van der Waals surface area contributed by atoms with Crippen molar-refractivity contribution in [1.82, 2.24) is 4.90 Å². The largest absolute Gasteiger partial charge is 0.368 e. The van der Waals surface area contributed by atoms with Crippen molar-refractivity contribution in [2.45, 2.75) is 12.5 Å². The van der Waals surface area contributed by atoms with E-state index >= 15 is 0 Å². The van der Waals surface area contributed by atoms with E-state index in [1.54, 1.807) is 11.3 Å². The number of hydrogen-bond donors (Lipinski definition) is 1. The predicted molar refractivity (Wildman–Crippen MR) is 72.2 cm³/mol. The van der Waals surface area contributed by atoms with E-state index in [1.165, 1.54) is 15.6 Å². The van der Waals surface area contributed by atoms with Crippen molar-refractivity contribution in [3.05, 3.63) is 35.2 Å². The van der Waals surface area contributed by atoms with Gasteiger partial charge in [0, 0.05) is 4.70 Å². The molecule has 4 heteroatoms. The highest BCUT2D eigenvalue weighted by Gasteiger charge is 2.19. The van der Waals surface area contributed by atoms with Gasteiger partial charge < -0.3 is 5.73 Å². The van der Waals surface area contributed by atoms with Gasteiger partial charge in [0.15, 0.2) is 0 Å². The van der Waals surface area contributed by atoms with Gasteiger partial charge in [-0.15, -0.1) is 11.3 Å². The van der Waals surface area contributed by atoms with Gasteiger partial charge in [0.2, 0.25) is 5.91 Å². The van der Waals surface area contributed by atoms with Crippen LogP contribution in [0, 0.1) is 0 Å². The SMILES string of the molecule is CN(C)C(Cc1csc2ccccc12)C(N)=O. The highest BCUT2D eigenvalue weighted by Crippen LogP contribution is 2.26. The maximum atomic E-state index is 11.4. The van der Waals surface area contributed by atoms with Crippen LogP contribution in [-0.2, 0) is 11.2 Å². The Balaban J connectivity index is 2.31. The van der Waals surface area contributed by atoms with E-state index in [-0.39, 0.29) is 11.9 Å². The fourth-order valence-electron chi connectivity index (χ4n) is 1.94. The zero-order chi connectivity index (χ0) is 12.4. The molecule has 0 aliphatic heterocycles. The minimum absolute atomic E-state index is 0.243. The third kappa shape index (κ3) is 2.48. The fraction of sp³-hybridized carbons (Fsp3) is 0.308. The molecule has 1 atom stereocenters. The molecule has 0 aliphatic rings. The summed E-state index contributed by atoms with van der Waals surface area (Å²) in [6.45, 7) is 0. The molecule has 90 valence electrons. The highest BCUT2D eigenvalue weighted by atomic mass is 32.1. The van der Waals surface area contributed by atoms with E-state index < -0.39 is 0 Å². The normalized spacial score (nSPS) is 13.1. The summed E-state index contributed by atoms with van der Waals surface area (Å²) in [5.74, 6) is -0.273. The molecule has 2 rings (SSSR count). The lowest BCUT2D eigenvalue weighted by molar-refractivity contribution is -0.122. The van der Waals surface area contributed by atoms with Gasteiger partial charge in [-0.2, -0.15) is 0 Å². The number of fused-ring (bicyclic) bond motifs is 1. The smallest absolute Gasteiger partial charge is 0.235 e. The van der Waals surface area contributed by atoms with Crippen LogP contribution in [0.25, 0.3) is 10.1 Å². The Labute approximate surface area is 105 Å². The molecule has 3 nitrogen and oxygen atoms in total. The Morgan fingerprint density at radius 1 is 1.41 bits per heavy atom. The van der Waals surface area contributed by atoms with E-state index in [0.29, 0.717) is 6.42 Å². The molecule has 2 aromatic rings. The maximum absolute atomic E-state index is 11.4. The Morgan fingerprint density at radius 3 is 2.76 bits per heavy atom. The monoisotopic (exact) mass is 248 g/mol. The number of rotatable bonds is 4. The van der Waals surface area contributed by atoms with Gasteiger partial charge in [-0.05, 0) is 42.9 Å². The van der Waals surface area contributed by atoms with Crippen LogP contribution in [0.15, 0.2) is 29.6 Å². The first-order valence-corrected chi connectivity index (χ1v) is 6.38. The van der Waals surface area contributed by atoms with E-state index in [1.807, 2.05) is 31.1 Å². The van der Waals surface area contributed by atoms with Crippen LogP contribution in [0.2, 0.25) is 0 Å². The summed E-state index contributed by atoms with van der Waals surface area (Å²) >= 11 is 1.71. The summed E-state index contributed by atoms with van der Waals surface area (Å²) in [5.41, 5.74) is 6.62. The first-order chi connectivity index (χ1) is 8.09. The molecule has 0 aliphatic carbocycles. The average Bonchev–Trinajstić information content (AvgIpc) is 2.68. The van der Waals surface area contributed by atoms with Crippen LogP contribution < -0.4 is 5.73 Å². The van der Waals surface area contributed by atoms with Crippen molar-refractivity contribution in [3.8, 4) is 0 Å². The quantitative estimate of drug-likeness (QED) is 0.897. The number of primary amides is 1. The lowest BCUT2D eigenvalue weighted by Gasteiger charge is -2.20. The van der Waals surface area contributed by atoms with Gasteiger partial charge in [0.1, 0.15) is 0 Å². The summed E-state index contributed by atoms with van der Waals surface area (Å²) in [7, 11) is 3.76. The molecule has 0 radical (unpaired) electrons. The molecule has 17 heavy (non-hydrogen) atoms. The third-order valence-electron chi connectivity index (χ3n) is 2.93. The highest BCUT2D eigenvalue weighted by molar-refractivity contribution is 7.17. The zero-order valence-electron chi connectivity index (χ0n) is 10.0. The Bertz CT molecular complexity index is 533. The summed E-state index contributed by atoms with van der Waals surface area (Å²) in [5, 5.41) is 3.34. The summed E-state index contributed by atoms with van der Waals surface area (Å²) < 4.78 is 1.25. The average molecular weight is 248 g/mol. The van der Waals surface area contributed by atoms with Crippen molar-refractivity contribution in [1.29, 1.82) is 0 Å². The summed E-state index contributed by atoms with van der Waals surface area (Å²) in [6, 6.07) is 7.99. The summed E-state index contributed by atoms with van der Waals surface area (Å²) in [4.78, 5) is 13.3. The number of nitrogens with two attached hydrogens (primary N) is 1. The molecule has 1 aromatic carbocycles. The second kappa shape index (κ2) is 4.85. The van der Waals surface area contributed by atoms with E-state index in [2.05, 4.69) is 17.5 Å². The number of carbonyl (C=O) groups is 1. The first kappa shape index (κ1) is 12.1. The predicted octanol–water partition coefficient (Wildman–Crippen LogP) is 1.86. The molecule has 1 amide bonds.